The Morgan fingerprint density at radius 2 is 2.22 bits per heavy atom. The van der Waals surface area contributed by atoms with E-state index in [0.29, 0.717) is 6.54 Å². The standard InChI is InChI=1S/C15H20F3N3O2/c16-15(17,18)13-12(5-3-6-19-13)14(23)20-10-11-4-1-2-7-21(11)8-9-22/h3,5-6,11,22H,1-2,4,7-10H2,(H,20,23). The number of nitrogens with one attached hydrogen (secondary N) is 1. The summed E-state index contributed by atoms with van der Waals surface area (Å²) in [4.78, 5) is 17.4. The largest absolute Gasteiger partial charge is 0.434 e. The van der Waals surface area contributed by atoms with Gasteiger partial charge in [-0.1, -0.05) is 6.42 Å². The van der Waals surface area contributed by atoms with Crippen molar-refractivity contribution < 1.29 is 23.1 Å². The van der Waals surface area contributed by atoms with Gasteiger partial charge in [0.25, 0.3) is 5.91 Å². The van der Waals surface area contributed by atoms with Crippen molar-refractivity contribution in [2.24, 2.45) is 0 Å². The lowest BCUT2D eigenvalue weighted by atomic mass is 10.0. The second-order valence-electron chi connectivity index (χ2n) is 5.52. The maximum absolute atomic E-state index is 12.9. The number of carbonyl (C=O) groups is 1. The number of hydrogen-bond acceptors (Lipinski definition) is 4. The summed E-state index contributed by atoms with van der Waals surface area (Å²) < 4.78 is 38.7. The zero-order valence-corrected chi connectivity index (χ0v) is 12.6. The van der Waals surface area contributed by atoms with Crippen LogP contribution in [0.1, 0.15) is 35.3 Å². The average molecular weight is 331 g/mol. The van der Waals surface area contributed by atoms with Gasteiger partial charge in [-0.25, -0.2) is 0 Å². The second kappa shape index (κ2) is 7.74. The zero-order valence-electron chi connectivity index (χ0n) is 12.6. The number of halogens is 3. The fourth-order valence-corrected chi connectivity index (χ4v) is 2.83. The number of rotatable bonds is 5. The molecule has 1 atom stereocenters. The zero-order chi connectivity index (χ0) is 16.9. The number of aromatic nitrogens is 1. The molecule has 0 radical (unpaired) electrons. The van der Waals surface area contributed by atoms with Crippen LogP contribution in [0.15, 0.2) is 18.3 Å². The van der Waals surface area contributed by atoms with Crippen molar-refractivity contribution in [3.05, 3.63) is 29.6 Å². The first-order valence-corrected chi connectivity index (χ1v) is 7.59. The van der Waals surface area contributed by atoms with Gasteiger partial charge in [0.2, 0.25) is 0 Å². The molecule has 0 bridgehead atoms. The van der Waals surface area contributed by atoms with Gasteiger partial charge in [-0.05, 0) is 31.5 Å². The lowest BCUT2D eigenvalue weighted by Gasteiger charge is -2.35. The van der Waals surface area contributed by atoms with Gasteiger partial charge in [-0.2, -0.15) is 13.2 Å². The van der Waals surface area contributed by atoms with E-state index in [4.69, 9.17) is 5.11 Å². The van der Waals surface area contributed by atoms with Crippen LogP contribution in [0.4, 0.5) is 13.2 Å². The highest BCUT2D eigenvalue weighted by Crippen LogP contribution is 2.30. The molecule has 23 heavy (non-hydrogen) atoms. The molecule has 1 saturated heterocycles. The first kappa shape index (κ1) is 17.7. The van der Waals surface area contributed by atoms with Gasteiger partial charge < -0.3 is 10.4 Å². The van der Waals surface area contributed by atoms with E-state index < -0.39 is 23.3 Å². The van der Waals surface area contributed by atoms with Gasteiger partial charge in [-0.3, -0.25) is 14.7 Å². The van der Waals surface area contributed by atoms with Crippen molar-refractivity contribution >= 4 is 5.91 Å². The summed E-state index contributed by atoms with van der Waals surface area (Å²) in [5.41, 5.74) is -1.64. The third kappa shape index (κ3) is 4.65. The summed E-state index contributed by atoms with van der Waals surface area (Å²) in [7, 11) is 0. The summed E-state index contributed by atoms with van der Waals surface area (Å²) in [6, 6.07) is 2.46. The third-order valence-corrected chi connectivity index (χ3v) is 3.96. The minimum Gasteiger partial charge on any atom is -0.395 e. The van der Waals surface area contributed by atoms with Crippen LogP contribution in [0.5, 0.6) is 0 Å². The number of nitrogens with zero attached hydrogens (tertiary/aromatic N) is 2. The van der Waals surface area contributed by atoms with E-state index in [2.05, 4.69) is 15.2 Å². The molecule has 0 saturated carbocycles. The van der Waals surface area contributed by atoms with Gasteiger partial charge in [0.05, 0.1) is 12.2 Å². The highest BCUT2D eigenvalue weighted by Gasteiger charge is 2.37. The van der Waals surface area contributed by atoms with E-state index in [1.54, 1.807) is 0 Å². The van der Waals surface area contributed by atoms with Crippen molar-refractivity contribution in [1.29, 1.82) is 0 Å². The van der Waals surface area contributed by atoms with Crippen LogP contribution in [-0.2, 0) is 6.18 Å². The topological polar surface area (TPSA) is 65.5 Å². The van der Waals surface area contributed by atoms with E-state index in [1.807, 2.05) is 0 Å². The lowest BCUT2D eigenvalue weighted by Crippen LogP contribution is -2.47. The molecule has 8 heteroatoms. The molecule has 2 N–H and O–H groups in total. The first-order valence-electron chi connectivity index (χ1n) is 7.59. The van der Waals surface area contributed by atoms with Crippen LogP contribution in [0.25, 0.3) is 0 Å². The molecule has 1 unspecified atom stereocenters. The smallest absolute Gasteiger partial charge is 0.395 e. The summed E-state index contributed by atoms with van der Waals surface area (Å²) in [6.07, 6.45) is -0.778. The normalized spacial score (nSPS) is 19.6. The second-order valence-corrected chi connectivity index (χ2v) is 5.52. The molecule has 2 rings (SSSR count). The number of alkyl halides is 3. The van der Waals surface area contributed by atoms with Crippen LogP contribution in [0, 0.1) is 0 Å². The molecule has 1 aromatic heterocycles. The summed E-state index contributed by atoms with van der Waals surface area (Å²) in [5, 5.41) is 11.6. The highest BCUT2D eigenvalue weighted by molar-refractivity contribution is 5.95. The summed E-state index contributed by atoms with van der Waals surface area (Å²) >= 11 is 0. The molecule has 0 aliphatic carbocycles. The van der Waals surface area contributed by atoms with Gasteiger partial charge in [0, 0.05) is 25.3 Å². The highest BCUT2D eigenvalue weighted by atomic mass is 19.4. The molecular weight excluding hydrogens is 311 g/mol. The van der Waals surface area contributed by atoms with Crippen molar-refractivity contribution in [2.75, 3.05) is 26.2 Å². The minimum atomic E-state index is -4.66. The monoisotopic (exact) mass is 331 g/mol. The van der Waals surface area contributed by atoms with E-state index in [1.165, 1.54) is 6.07 Å². The minimum absolute atomic E-state index is 0.0191. The summed E-state index contributed by atoms with van der Waals surface area (Å²) in [5.74, 6) is -0.778. The third-order valence-electron chi connectivity index (χ3n) is 3.96. The molecule has 0 aromatic carbocycles. The van der Waals surface area contributed by atoms with E-state index in [-0.39, 0.29) is 19.2 Å². The van der Waals surface area contributed by atoms with Crippen LogP contribution >= 0.6 is 0 Å². The van der Waals surface area contributed by atoms with E-state index in [0.717, 1.165) is 38.1 Å². The van der Waals surface area contributed by atoms with Gasteiger partial charge in [-0.15, -0.1) is 0 Å². The Labute approximate surface area is 132 Å². The van der Waals surface area contributed by atoms with Gasteiger partial charge in [0.1, 0.15) is 0 Å². The van der Waals surface area contributed by atoms with Crippen molar-refractivity contribution in [3.63, 3.8) is 0 Å². The number of aliphatic hydroxyl groups is 1. The SMILES string of the molecule is O=C(NCC1CCCCN1CCO)c1cccnc1C(F)(F)F. The average Bonchev–Trinajstić information content (AvgIpc) is 2.53. The van der Waals surface area contributed by atoms with E-state index in [9.17, 15) is 18.0 Å². The number of hydrogen-bond donors (Lipinski definition) is 2. The fraction of sp³-hybridized carbons (Fsp3) is 0.600. The van der Waals surface area contributed by atoms with Crippen molar-refractivity contribution in [2.45, 2.75) is 31.5 Å². The molecule has 1 fully saturated rings. The predicted octanol–water partition coefficient (Wildman–Crippen LogP) is 1.68. The number of amides is 1. The Bertz CT molecular complexity index is 535. The number of aliphatic hydroxyl groups excluding tert-OH is 1. The number of β-amino-alcohol motifs (C(OH)–C–C–N with tert-alkyl or cyclic N) is 1. The van der Waals surface area contributed by atoms with Crippen LogP contribution < -0.4 is 5.32 Å². The predicted molar refractivity (Wildman–Crippen MR) is 77.9 cm³/mol. The van der Waals surface area contributed by atoms with Crippen molar-refractivity contribution in [1.82, 2.24) is 15.2 Å². The lowest BCUT2D eigenvalue weighted by molar-refractivity contribution is -0.141. The van der Waals surface area contributed by atoms with Gasteiger partial charge >= 0.3 is 6.18 Å². The first-order chi connectivity index (χ1) is 10.9. The molecule has 1 aromatic rings. The Balaban J connectivity index is 2.02. The Morgan fingerprint density at radius 1 is 1.43 bits per heavy atom. The number of pyridine rings is 1. The molecule has 1 amide bonds. The molecule has 1 aliphatic heterocycles. The Hall–Kier alpha value is -1.67. The molecule has 2 heterocycles. The molecule has 128 valence electrons. The van der Waals surface area contributed by atoms with Gasteiger partial charge in [0.15, 0.2) is 5.69 Å². The fourth-order valence-electron chi connectivity index (χ4n) is 2.83. The van der Waals surface area contributed by atoms with Crippen LogP contribution in [0.3, 0.4) is 0 Å². The molecule has 0 spiro atoms. The maximum atomic E-state index is 12.9. The molecular formula is C15H20F3N3O2. The maximum Gasteiger partial charge on any atom is 0.434 e. The Kier molecular flexibility index (Phi) is 5.95. The molecule has 5 nitrogen and oxygen atoms in total. The van der Waals surface area contributed by atoms with Crippen molar-refractivity contribution in [3.8, 4) is 0 Å². The number of piperidine rings is 1. The number of carbonyl (C=O) groups excluding carboxylic acids is 1. The molecule has 1 aliphatic rings. The quantitative estimate of drug-likeness (QED) is 0.862. The number of likely N-dealkylation sites (tertiary alicyclic amines) is 1. The van der Waals surface area contributed by atoms with Crippen LogP contribution in [-0.4, -0.2) is 53.2 Å². The summed E-state index contributed by atoms with van der Waals surface area (Å²) in [6.45, 7) is 1.60. The van der Waals surface area contributed by atoms with Crippen LogP contribution in [0.2, 0.25) is 0 Å². The Morgan fingerprint density at radius 3 is 2.91 bits per heavy atom. The van der Waals surface area contributed by atoms with E-state index >= 15 is 0 Å².